The number of carbonyl (C=O) groups is 1. The highest BCUT2D eigenvalue weighted by Crippen LogP contribution is 2.30. The van der Waals surface area contributed by atoms with E-state index in [0.717, 1.165) is 5.69 Å². The van der Waals surface area contributed by atoms with Crippen molar-refractivity contribution in [3.05, 3.63) is 28.2 Å². The van der Waals surface area contributed by atoms with Crippen LogP contribution in [0, 0.1) is 0 Å². The van der Waals surface area contributed by atoms with Gasteiger partial charge in [0.2, 0.25) is 0 Å². The summed E-state index contributed by atoms with van der Waals surface area (Å²) in [5, 5.41) is 39.8. The monoisotopic (exact) mass is 406 g/mol. The van der Waals surface area contributed by atoms with Gasteiger partial charge in [-0.15, -0.1) is 0 Å². The van der Waals surface area contributed by atoms with E-state index < -0.39 is 36.6 Å². The van der Waals surface area contributed by atoms with Crippen LogP contribution in [0.5, 0.6) is 0 Å². The molecule has 4 N–H and O–H groups in total. The highest BCUT2D eigenvalue weighted by molar-refractivity contribution is 6.36. The highest BCUT2D eigenvalue weighted by atomic mass is 35.5. The lowest BCUT2D eigenvalue weighted by Crippen LogP contribution is -2.63. The zero-order valence-electron chi connectivity index (χ0n) is 13.7. The van der Waals surface area contributed by atoms with Crippen LogP contribution in [0.25, 0.3) is 0 Å². The molecule has 2 aliphatic rings. The van der Waals surface area contributed by atoms with Gasteiger partial charge in [0.1, 0.15) is 18.3 Å². The Morgan fingerprint density at radius 1 is 1.00 bits per heavy atom. The molecule has 5 atom stereocenters. The molecule has 0 bridgehead atoms. The van der Waals surface area contributed by atoms with Gasteiger partial charge in [0.15, 0.2) is 12.4 Å². The molecule has 144 valence electrons. The Hall–Kier alpha value is -1.13. The van der Waals surface area contributed by atoms with E-state index in [1.807, 2.05) is 11.0 Å². The number of aliphatic hydroxyl groups excluding tert-OH is 4. The van der Waals surface area contributed by atoms with Gasteiger partial charge < -0.3 is 35.0 Å². The standard InChI is InChI=1S/C16H20Cl2N2O6/c17-8-1-2-10(9(18)7-8)19-3-5-20(6-4-19)15(24)14-12(22)11(21)13(23)16(25)26-14/h1-2,7,11-14,16,21-23,25H,3-6H2/t11-,12+,13+,14-,16?/m0/s1. The Morgan fingerprint density at radius 3 is 2.27 bits per heavy atom. The number of benzene rings is 1. The Labute approximate surface area is 160 Å². The van der Waals surface area contributed by atoms with Gasteiger partial charge in [-0.1, -0.05) is 23.2 Å². The molecule has 1 unspecified atom stereocenters. The third-order valence-electron chi connectivity index (χ3n) is 4.67. The zero-order valence-corrected chi connectivity index (χ0v) is 15.2. The van der Waals surface area contributed by atoms with Gasteiger partial charge in [0.05, 0.1) is 10.7 Å². The second-order valence-electron chi connectivity index (χ2n) is 6.33. The van der Waals surface area contributed by atoms with Crippen LogP contribution in [-0.4, -0.2) is 88.1 Å². The number of ether oxygens (including phenoxy) is 1. The molecule has 2 heterocycles. The molecule has 2 aliphatic heterocycles. The van der Waals surface area contributed by atoms with Crippen LogP contribution in [-0.2, 0) is 9.53 Å². The highest BCUT2D eigenvalue weighted by Gasteiger charge is 2.47. The van der Waals surface area contributed by atoms with Gasteiger partial charge in [-0.2, -0.15) is 0 Å². The van der Waals surface area contributed by atoms with Gasteiger partial charge in [0, 0.05) is 31.2 Å². The quantitative estimate of drug-likeness (QED) is 0.520. The predicted molar refractivity (Wildman–Crippen MR) is 94.2 cm³/mol. The first-order valence-electron chi connectivity index (χ1n) is 8.16. The number of hydrogen-bond acceptors (Lipinski definition) is 7. The maximum Gasteiger partial charge on any atom is 0.254 e. The van der Waals surface area contributed by atoms with Crippen molar-refractivity contribution < 1.29 is 30.0 Å². The molecule has 1 amide bonds. The van der Waals surface area contributed by atoms with Crippen LogP contribution in [0.1, 0.15) is 0 Å². The van der Waals surface area contributed by atoms with Crippen molar-refractivity contribution in [3.63, 3.8) is 0 Å². The third kappa shape index (κ3) is 3.77. The first-order chi connectivity index (χ1) is 12.3. The van der Waals surface area contributed by atoms with E-state index in [1.54, 1.807) is 12.1 Å². The van der Waals surface area contributed by atoms with Crippen molar-refractivity contribution in [3.8, 4) is 0 Å². The first kappa shape index (κ1) is 19.6. The van der Waals surface area contributed by atoms with Crippen LogP contribution >= 0.6 is 23.2 Å². The van der Waals surface area contributed by atoms with Crippen LogP contribution in [0.3, 0.4) is 0 Å². The summed E-state index contributed by atoms with van der Waals surface area (Å²) in [6, 6.07) is 5.20. The molecular weight excluding hydrogens is 387 g/mol. The Morgan fingerprint density at radius 2 is 1.65 bits per heavy atom. The van der Waals surface area contributed by atoms with Gasteiger partial charge >= 0.3 is 0 Å². The van der Waals surface area contributed by atoms with Gasteiger partial charge in [-0.05, 0) is 18.2 Å². The molecule has 1 aromatic rings. The molecule has 0 spiro atoms. The van der Waals surface area contributed by atoms with Gasteiger partial charge in [-0.25, -0.2) is 0 Å². The molecule has 1 aromatic carbocycles. The summed E-state index contributed by atoms with van der Waals surface area (Å²) in [4.78, 5) is 16.1. The molecule has 26 heavy (non-hydrogen) atoms. The molecule has 10 heteroatoms. The molecule has 8 nitrogen and oxygen atoms in total. The van der Waals surface area contributed by atoms with E-state index >= 15 is 0 Å². The fraction of sp³-hybridized carbons (Fsp3) is 0.562. The average Bonchev–Trinajstić information content (AvgIpc) is 2.62. The minimum atomic E-state index is -1.74. The van der Waals surface area contributed by atoms with Crippen molar-refractivity contribution in [1.29, 1.82) is 0 Å². The first-order valence-corrected chi connectivity index (χ1v) is 8.91. The number of piperazine rings is 1. The SMILES string of the molecule is O=C([C@H]1OC(O)[C@H](O)[C@@H](O)[C@H]1O)N1CCN(c2ccc(Cl)cc2Cl)CC1. The fourth-order valence-corrected chi connectivity index (χ4v) is 3.68. The number of halogens is 2. The Kier molecular flexibility index (Phi) is 5.93. The van der Waals surface area contributed by atoms with Crippen molar-refractivity contribution in [2.24, 2.45) is 0 Å². The summed E-state index contributed by atoms with van der Waals surface area (Å²) in [6.45, 7) is 1.70. The van der Waals surface area contributed by atoms with Crippen molar-refractivity contribution in [2.75, 3.05) is 31.1 Å². The molecular formula is C16H20Cl2N2O6. The Balaban J connectivity index is 1.63. The minimum absolute atomic E-state index is 0.346. The third-order valence-corrected chi connectivity index (χ3v) is 5.21. The lowest BCUT2D eigenvalue weighted by atomic mass is 9.98. The number of aliphatic hydroxyl groups is 4. The van der Waals surface area contributed by atoms with Crippen LogP contribution in [0.4, 0.5) is 5.69 Å². The van der Waals surface area contributed by atoms with E-state index in [0.29, 0.717) is 36.2 Å². The fourth-order valence-electron chi connectivity index (χ4n) is 3.15. The number of hydrogen-bond donors (Lipinski definition) is 4. The number of anilines is 1. The second kappa shape index (κ2) is 7.85. The largest absolute Gasteiger partial charge is 0.387 e. The second-order valence-corrected chi connectivity index (χ2v) is 7.17. The van der Waals surface area contributed by atoms with E-state index in [9.17, 15) is 25.2 Å². The smallest absolute Gasteiger partial charge is 0.254 e. The number of rotatable bonds is 2. The molecule has 2 fully saturated rings. The minimum Gasteiger partial charge on any atom is -0.387 e. The maximum absolute atomic E-state index is 12.6. The van der Waals surface area contributed by atoms with Gasteiger partial charge in [-0.3, -0.25) is 4.79 Å². The van der Waals surface area contributed by atoms with Crippen LogP contribution < -0.4 is 4.90 Å². The molecule has 3 rings (SSSR count). The molecule has 0 aromatic heterocycles. The topological polar surface area (TPSA) is 114 Å². The van der Waals surface area contributed by atoms with Crippen molar-refractivity contribution >= 4 is 34.8 Å². The Bertz CT molecular complexity index is 670. The predicted octanol–water partition coefficient (Wildman–Crippen LogP) is -0.558. The normalized spacial score (nSPS) is 32.6. The van der Waals surface area contributed by atoms with Crippen LogP contribution in [0.15, 0.2) is 18.2 Å². The summed E-state index contributed by atoms with van der Waals surface area (Å²) >= 11 is 12.1. The summed E-state index contributed by atoms with van der Waals surface area (Å²) in [5.41, 5.74) is 0.811. The summed E-state index contributed by atoms with van der Waals surface area (Å²) < 4.78 is 4.99. The van der Waals surface area contributed by atoms with E-state index in [1.165, 1.54) is 4.90 Å². The molecule has 2 saturated heterocycles. The number of nitrogens with zero attached hydrogens (tertiary/aromatic N) is 2. The lowest BCUT2D eigenvalue weighted by Gasteiger charge is -2.42. The van der Waals surface area contributed by atoms with Crippen molar-refractivity contribution in [1.82, 2.24) is 4.90 Å². The summed E-state index contributed by atoms with van der Waals surface area (Å²) in [5.74, 6) is -0.552. The average molecular weight is 407 g/mol. The molecule has 0 radical (unpaired) electrons. The maximum atomic E-state index is 12.6. The molecule has 0 saturated carbocycles. The van der Waals surface area contributed by atoms with E-state index in [4.69, 9.17) is 27.9 Å². The molecule has 0 aliphatic carbocycles. The van der Waals surface area contributed by atoms with E-state index in [2.05, 4.69) is 0 Å². The number of carbonyl (C=O) groups excluding carboxylic acids is 1. The van der Waals surface area contributed by atoms with Crippen LogP contribution in [0.2, 0.25) is 10.0 Å². The summed E-state index contributed by atoms with van der Waals surface area (Å²) in [6.07, 6.45) is -8.13. The summed E-state index contributed by atoms with van der Waals surface area (Å²) in [7, 11) is 0. The zero-order chi connectivity index (χ0) is 19.0. The van der Waals surface area contributed by atoms with Gasteiger partial charge in [0.25, 0.3) is 5.91 Å². The lowest BCUT2D eigenvalue weighted by molar-refractivity contribution is -0.278. The van der Waals surface area contributed by atoms with Crippen molar-refractivity contribution in [2.45, 2.75) is 30.7 Å². The number of amides is 1. The van der Waals surface area contributed by atoms with E-state index in [-0.39, 0.29) is 0 Å².